The SMILES string of the molecule is COC(=O)C(I)CCC(C)(C)C. The second-order valence-electron chi connectivity index (χ2n) is 4.09. The van der Waals surface area contributed by atoms with Gasteiger partial charge in [0.15, 0.2) is 0 Å². The molecule has 0 amide bonds. The molecule has 12 heavy (non-hydrogen) atoms. The van der Waals surface area contributed by atoms with Crippen molar-refractivity contribution in [1.29, 1.82) is 0 Å². The highest BCUT2D eigenvalue weighted by atomic mass is 127. The fraction of sp³-hybridized carbons (Fsp3) is 0.889. The Morgan fingerprint density at radius 1 is 1.50 bits per heavy atom. The summed E-state index contributed by atoms with van der Waals surface area (Å²) in [6.07, 6.45) is 1.95. The van der Waals surface area contributed by atoms with E-state index in [0.717, 1.165) is 12.8 Å². The molecule has 0 saturated carbocycles. The molecule has 0 aliphatic carbocycles. The Bertz CT molecular complexity index is 149. The lowest BCUT2D eigenvalue weighted by Crippen LogP contribution is -2.18. The molecule has 0 saturated heterocycles. The van der Waals surface area contributed by atoms with Crippen molar-refractivity contribution in [2.45, 2.75) is 37.5 Å². The predicted molar refractivity (Wildman–Crippen MR) is 58.5 cm³/mol. The Morgan fingerprint density at radius 3 is 2.33 bits per heavy atom. The third-order valence-corrected chi connectivity index (χ3v) is 2.74. The van der Waals surface area contributed by atoms with Crippen LogP contribution in [-0.2, 0) is 9.53 Å². The number of halogens is 1. The van der Waals surface area contributed by atoms with Gasteiger partial charge in [0.2, 0.25) is 0 Å². The van der Waals surface area contributed by atoms with Crippen LogP contribution in [0.5, 0.6) is 0 Å². The molecule has 0 radical (unpaired) electrons. The van der Waals surface area contributed by atoms with Crippen molar-refractivity contribution in [2.75, 3.05) is 7.11 Å². The molecule has 1 atom stereocenters. The van der Waals surface area contributed by atoms with Gasteiger partial charge in [-0.3, -0.25) is 4.79 Å². The van der Waals surface area contributed by atoms with Gasteiger partial charge in [-0.2, -0.15) is 0 Å². The predicted octanol–water partition coefficient (Wildman–Crippen LogP) is 2.79. The lowest BCUT2D eigenvalue weighted by molar-refractivity contribution is -0.139. The molecule has 0 bridgehead atoms. The summed E-state index contributed by atoms with van der Waals surface area (Å²) in [4.78, 5) is 11.0. The zero-order valence-corrected chi connectivity index (χ0v) is 10.3. The molecule has 0 aromatic heterocycles. The van der Waals surface area contributed by atoms with E-state index in [1.54, 1.807) is 0 Å². The number of methoxy groups -OCH3 is 1. The number of alkyl halides is 1. The molecule has 0 fully saturated rings. The Morgan fingerprint density at radius 2 is 2.00 bits per heavy atom. The van der Waals surface area contributed by atoms with Gasteiger partial charge in [0.1, 0.15) is 3.92 Å². The Hall–Kier alpha value is 0.200. The Balaban J connectivity index is 3.72. The summed E-state index contributed by atoms with van der Waals surface area (Å²) in [5.74, 6) is -0.111. The van der Waals surface area contributed by atoms with Crippen molar-refractivity contribution < 1.29 is 9.53 Å². The molecule has 0 spiro atoms. The standard InChI is InChI=1S/C9H17IO2/c1-9(2,3)6-5-7(10)8(11)12-4/h7H,5-6H2,1-4H3. The van der Waals surface area contributed by atoms with Gasteiger partial charge in [-0.1, -0.05) is 43.4 Å². The van der Waals surface area contributed by atoms with E-state index in [9.17, 15) is 4.79 Å². The molecule has 72 valence electrons. The number of rotatable bonds is 3. The second-order valence-corrected chi connectivity index (χ2v) is 5.59. The van der Waals surface area contributed by atoms with Crippen LogP contribution in [0.25, 0.3) is 0 Å². The summed E-state index contributed by atoms with van der Waals surface area (Å²) in [6.45, 7) is 6.52. The van der Waals surface area contributed by atoms with Gasteiger partial charge in [-0.25, -0.2) is 0 Å². The molecule has 3 heteroatoms. The van der Waals surface area contributed by atoms with Gasteiger partial charge in [-0.05, 0) is 18.3 Å². The van der Waals surface area contributed by atoms with E-state index in [0.29, 0.717) is 5.41 Å². The Kier molecular flexibility index (Phi) is 5.13. The van der Waals surface area contributed by atoms with E-state index < -0.39 is 0 Å². The van der Waals surface area contributed by atoms with Gasteiger partial charge in [0.05, 0.1) is 7.11 Å². The summed E-state index contributed by atoms with van der Waals surface area (Å²) in [7, 11) is 1.44. The fourth-order valence-electron chi connectivity index (χ4n) is 0.805. The minimum atomic E-state index is -0.111. The molecule has 2 nitrogen and oxygen atoms in total. The van der Waals surface area contributed by atoms with Gasteiger partial charge in [-0.15, -0.1) is 0 Å². The van der Waals surface area contributed by atoms with Crippen LogP contribution in [0.2, 0.25) is 0 Å². The number of hydrogen-bond donors (Lipinski definition) is 0. The van der Waals surface area contributed by atoms with E-state index in [2.05, 4.69) is 48.1 Å². The molecule has 0 heterocycles. The van der Waals surface area contributed by atoms with Crippen LogP contribution in [0.1, 0.15) is 33.6 Å². The minimum absolute atomic E-state index is 0.00632. The first-order chi connectivity index (χ1) is 5.37. The number of carbonyl (C=O) groups is 1. The van der Waals surface area contributed by atoms with Gasteiger partial charge >= 0.3 is 5.97 Å². The van der Waals surface area contributed by atoms with Crippen molar-refractivity contribution in [3.05, 3.63) is 0 Å². The molecule has 1 unspecified atom stereocenters. The molecule has 0 N–H and O–H groups in total. The summed E-state index contributed by atoms with van der Waals surface area (Å²) in [5, 5.41) is 0. The van der Waals surface area contributed by atoms with E-state index in [4.69, 9.17) is 0 Å². The van der Waals surface area contributed by atoms with E-state index in [-0.39, 0.29) is 9.89 Å². The highest BCUT2D eigenvalue weighted by Gasteiger charge is 2.18. The second kappa shape index (κ2) is 5.04. The van der Waals surface area contributed by atoms with Crippen LogP contribution in [0.4, 0.5) is 0 Å². The zero-order valence-electron chi connectivity index (χ0n) is 8.19. The zero-order chi connectivity index (χ0) is 9.78. The molecular formula is C9H17IO2. The van der Waals surface area contributed by atoms with Crippen LogP contribution < -0.4 is 0 Å². The normalized spacial score (nSPS) is 14.1. The first-order valence-electron chi connectivity index (χ1n) is 4.09. The summed E-state index contributed by atoms with van der Waals surface area (Å²) >= 11 is 2.13. The van der Waals surface area contributed by atoms with E-state index in [1.807, 2.05) is 0 Å². The summed E-state index contributed by atoms with van der Waals surface area (Å²) in [5.41, 5.74) is 0.303. The van der Waals surface area contributed by atoms with Crippen molar-refractivity contribution >= 4 is 28.6 Å². The first kappa shape index (κ1) is 12.2. The number of hydrogen-bond acceptors (Lipinski definition) is 2. The molecule has 0 rings (SSSR count). The average molecular weight is 284 g/mol. The highest BCUT2D eigenvalue weighted by molar-refractivity contribution is 14.1. The lowest BCUT2D eigenvalue weighted by Gasteiger charge is -2.18. The van der Waals surface area contributed by atoms with Crippen LogP contribution in [-0.4, -0.2) is 17.0 Å². The smallest absolute Gasteiger partial charge is 0.318 e. The molecule has 0 aliphatic rings. The van der Waals surface area contributed by atoms with Crippen molar-refractivity contribution in [2.24, 2.45) is 5.41 Å². The van der Waals surface area contributed by atoms with Crippen molar-refractivity contribution in [1.82, 2.24) is 0 Å². The molecule has 0 aliphatic heterocycles. The van der Waals surface area contributed by atoms with Crippen LogP contribution in [0.15, 0.2) is 0 Å². The molecule has 0 aromatic carbocycles. The van der Waals surface area contributed by atoms with Gasteiger partial charge < -0.3 is 4.74 Å². The summed E-state index contributed by atoms with van der Waals surface area (Å²) in [6, 6.07) is 0. The van der Waals surface area contributed by atoms with Crippen LogP contribution in [0, 0.1) is 5.41 Å². The number of ether oxygens (including phenoxy) is 1. The lowest BCUT2D eigenvalue weighted by atomic mass is 9.90. The monoisotopic (exact) mass is 284 g/mol. The maximum absolute atomic E-state index is 11.0. The van der Waals surface area contributed by atoms with E-state index in [1.165, 1.54) is 7.11 Å². The number of carbonyl (C=O) groups excluding carboxylic acids is 1. The maximum Gasteiger partial charge on any atom is 0.318 e. The van der Waals surface area contributed by atoms with Crippen LogP contribution in [0.3, 0.4) is 0 Å². The minimum Gasteiger partial charge on any atom is -0.468 e. The largest absolute Gasteiger partial charge is 0.468 e. The van der Waals surface area contributed by atoms with Crippen LogP contribution >= 0.6 is 22.6 Å². The first-order valence-corrected chi connectivity index (χ1v) is 5.33. The van der Waals surface area contributed by atoms with Crippen molar-refractivity contribution in [3.8, 4) is 0 Å². The van der Waals surface area contributed by atoms with E-state index >= 15 is 0 Å². The Labute approximate surface area is 88.2 Å². The quantitative estimate of drug-likeness (QED) is 0.452. The van der Waals surface area contributed by atoms with Crippen molar-refractivity contribution in [3.63, 3.8) is 0 Å². The van der Waals surface area contributed by atoms with Gasteiger partial charge in [0.25, 0.3) is 0 Å². The third-order valence-electron chi connectivity index (χ3n) is 1.60. The number of esters is 1. The maximum atomic E-state index is 11.0. The summed E-state index contributed by atoms with van der Waals surface area (Å²) < 4.78 is 4.64. The average Bonchev–Trinajstić information content (AvgIpc) is 1.97. The highest BCUT2D eigenvalue weighted by Crippen LogP contribution is 2.24. The third kappa shape index (κ3) is 5.80. The molecule has 0 aromatic rings. The molecular weight excluding hydrogens is 267 g/mol. The fourth-order valence-corrected chi connectivity index (χ4v) is 1.37. The topological polar surface area (TPSA) is 26.3 Å². The van der Waals surface area contributed by atoms with Gasteiger partial charge in [0, 0.05) is 0 Å².